The molecule has 3 N–H and O–H groups in total. The van der Waals surface area contributed by atoms with E-state index < -0.39 is 0 Å². The summed E-state index contributed by atoms with van der Waals surface area (Å²) >= 11 is 1.93. The lowest BCUT2D eigenvalue weighted by atomic mass is 10.1. The number of nitrogens with one attached hydrogen (secondary N) is 1. The van der Waals surface area contributed by atoms with Crippen LogP contribution in [0.4, 0.5) is 0 Å². The second-order valence-corrected chi connectivity index (χ2v) is 3.95. The summed E-state index contributed by atoms with van der Waals surface area (Å²) in [5, 5.41) is 3.29. The van der Waals surface area contributed by atoms with Crippen molar-refractivity contribution in [2.75, 3.05) is 18.1 Å². The molecule has 1 aliphatic heterocycles. The van der Waals surface area contributed by atoms with Gasteiger partial charge in [-0.25, -0.2) is 0 Å². The first-order valence-electron chi connectivity index (χ1n) is 3.88. The first-order chi connectivity index (χ1) is 5.29. The highest BCUT2D eigenvalue weighted by molar-refractivity contribution is 7.99. The normalized spacial score (nSPS) is 26.0. The number of hydrogen-bond donors (Lipinski definition) is 2. The SMILES string of the molecule is NC(=O)CC1CCSCCN1. The van der Waals surface area contributed by atoms with Crippen molar-refractivity contribution < 1.29 is 4.79 Å². The molecule has 0 aromatic rings. The van der Waals surface area contributed by atoms with E-state index in [-0.39, 0.29) is 5.91 Å². The van der Waals surface area contributed by atoms with Crippen molar-refractivity contribution in [3.05, 3.63) is 0 Å². The number of amides is 1. The Morgan fingerprint density at radius 1 is 1.64 bits per heavy atom. The van der Waals surface area contributed by atoms with E-state index >= 15 is 0 Å². The first-order valence-corrected chi connectivity index (χ1v) is 5.04. The highest BCUT2D eigenvalue weighted by atomic mass is 32.2. The number of carbonyl (C=O) groups is 1. The van der Waals surface area contributed by atoms with E-state index in [1.54, 1.807) is 0 Å². The summed E-state index contributed by atoms with van der Waals surface area (Å²) in [4.78, 5) is 10.6. The third-order valence-corrected chi connectivity index (χ3v) is 2.75. The molecule has 0 radical (unpaired) electrons. The van der Waals surface area contributed by atoms with Crippen molar-refractivity contribution in [2.45, 2.75) is 18.9 Å². The Morgan fingerprint density at radius 2 is 2.45 bits per heavy atom. The molecular formula is C7H14N2OS. The molecule has 0 aliphatic carbocycles. The zero-order valence-corrected chi connectivity index (χ0v) is 7.32. The molecule has 1 heterocycles. The van der Waals surface area contributed by atoms with Crippen LogP contribution in [0, 0.1) is 0 Å². The standard InChI is InChI=1S/C7H14N2OS/c8-7(10)5-6-1-3-11-4-2-9-6/h6,9H,1-5H2,(H2,8,10). The fraction of sp³-hybridized carbons (Fsp3) is 0.857. The van der Waals surface area contributed by atoms with E-state index in [0.29, 0.717) is 12.5 Å². The van der Waals surface area contributed by atoms with Gasteiger partial charge in [-0.15, -0.1) is 0 Å². The molecule has 1 atom stereocenters. The predicted molar refractivity (Wildman–Crippen MR) is 47.5 cm³/mol. The molecule has 4 heteroatoms. The van der Waals surface area contributed by atoms with Crippen LogP contribution >= 0.6 is 11.8 Å². The van der Waals surface area contributed by atoms with Crippen molar-refractivity contribution in [3.63, 3.8) is 0 Å². The van der Waals surface area contributed by atoms with Crippen LogP contribution in [0.3, 0.4) is 0 Å². The van der Waals surface area contributed by atoms with E-state index in [1.807, 2.05) is 11.8 Å². The average Bonchev–Trinajstić information content (AvgIpc) is 2.14. The minimum Gasteiger partial charge on any atom is -0.370 e. The quantitative estimate of drug-likeness (QED) is 0.617. The largest absolute Gasteiger partial charge is 0.370 e. The monoisotopic (exact) mass is 174 g/mol. The number of rotatable bonds is 2. The summed E-state index contributed by atoms with van der Waals surface area (Å²) in [5.41, 5.74) is 5.09. The Labute approximate surface area is 71.1 Å². The van der Waals surface area contributed by atoms with Crippen LogP contribution in [-0.2, 0) is 4.79 Å². The number of primary amides is 1. The number of nitrogens with two attached hydrogens (primary N) is 1. The van der Waals surface area contributed by atoms with Gasteiger partial charge in [0.2, 0.25) is 5.91 Å². The highest BCUT2D eigenvalue weighted by Crippen LogP contribution is 2.10. The summed E-state index contributed by atoms with van der Waals surface area (Å²) in [6, 6.07) is 0.322. The third-order valence-electron chi connectivity index (χ3n) is 1.74. The lowest BCUT2D eigenvalue weighted by Gasteiger charge is -2.11. The van der Waals surface area contributed by atoms with Crippen LogP contribution in [0.5, 0.6) is 0 Å². The zero-order chi connectivity index (χ0) is 8.10. The average molecular weight is 174 g/mol. The lowest BCUT2D eigenvalue weighted by Crippen LogP contribution is -2.33. The molecule has 64 valence electrons. The molecule has 1 rings (SSSR count). The van der Waals surface area contributed by atoms with Crippen molar-refractivity contribution >= 4 is 17.7 Å². The van der Waals surface area contributed by atoms with Gasteiger partial charge in [0.1, 0.15) is 0 Å². The first kappa shape index (κ1) is 8.87. The molecule has 0 bridgehead atoms. The molecule has 1 saturated heterocycles. The van der Waals surface area contributed by atoms with E-state index in [2.05, 4.69) is 5.32 Å². The van der Waals surface area contributed by atoms with Gasteiger partial charge in [0.15, 0.2) is 0 Å². The van der Waals surface area contributed by atoms with Crippen molar-refractivity contribution in [1.29, 1.82) is 0 Å². The maximum atomic E-state index is 10.6. The maximum absolute atomic E-state index is 10.6. The third kappa shape index (κ3) is 3.62. The minimum atomic E-state index is -0.200. The van der Waals surface area contributed by atoms with Crippen LogP contribution < -0.4 is 11.1 Å². The van der Waals surface area contributed by atoms with E-state index in [0.717, 1.165) is 24.5 Å². The molecule has 0 aromatic heterocycles. The van der Waals surface area contributed by atoms with Crippen LogP contribution in [0.25, 0.3) is 0 Å². The molecule has 1 amide bonds. The number of thioether (sulfide) groups is 1. The Hall–Kier alpha value is -0.220. The summed E-state index contributed by atoms with van der Waals surface area (Å²) in [6.45, 7) is 1.00. The highest BCUT2D eigenvalue weighted by Gasteiger charge is 2.13. The summed E-state index contributed by atoms with van der Waals surface area (Å²) < 4.78 is 0. The van der Waals surface area contributed by atoms with Gasteiger partial charge in [-0.2, -0.15) is 11.8 Å². The second kappa shape index (κ2) is 4.62. The van der Waals surface area contributed by atoms with Crippen LogP contribution in [0.15, 0.2) is 0 Å². The van der Waals surface area contributed by atoms with E-state index in [4.69, 9.17) is 5.73 Å². The van der Waals surface area contributed by atoms with Gasteiger partial charge >= 0.3 is 0 Å². The number of carbonyl (C=O) groups excluding carboxylic acids is 1. The van der Waals surface area contributed by atoms with Gasteiger partial charge in [0.05, 0.1) is 0 Å². The van der Waals surface area contributed by atoms with Gasteiger partial charge in [-0.05, 0) is 12.2 Å². The molecule has 0 saturated carbocycles. The van der Waals surface area contributed by atoms with E-state index in [9.17, 15) is 4.79 Å². The van der Waals surface area contributed by atoms with Crippen LogP contribution in [0.1, 0.15) is 12.8 Å². The van der Waals surface area contributed by atoms with Crippen molar-refractivity contribution in [2.24, 2.45) is 5.73 Å². The van der Waals surface area contributed by atoms with Crippen molar-refractivity contribution in [1.82, 2.24) is 5.32 Å². The molecule has 0 spiro atoms. The van der Waals surface area contributed by atoms with Gasteiger partial charge in [0, 0.05) is 24.8 Å². The topological polar surface area (TPSA) is 55.1 Å². The lowest BCUT2D eigenvalue weighted by molar-refractivity contribution is -0.118. The zero-order valence-electron chi connectivity index (χ0n) is 6.51. The smallest absolute Gasteiger partial charge is 0.218 e. The Balaban J connectivity index is 2.25. The Kier molecular flexibility index (Phi) is 3.72. The Bertz CT molecular complexity index is 132. The Morgan fingerprint density at radius 3 is 3.18 bits per heavy atom. The predicted octanol–water partition coefficient (Wildman–Crippen LogP) is -0.0431. The number of hydrogen-bond acceptors (Lipinski definition) is 3. The summed E-state index contributed by atoms with van der Waals surface area (Å²) in [6.07, 6.45) is 1.55. The van der Waals surface area contributed by atoms with Crippen LogP contribution in [-0.4, -0.2) is 30.0 Å². The molecule has 0 aromatic carbocycles. The molecule has 3 nitrogen and oxygen atoms in total. The molecule has 1 aliphatic rings. The van der Waals surface area contributed by atoms with Gasteiger partial charge in [-0.1, -0.05) is 0 Å². The molecule has 11 heavy (non-hydrogen) atoms. The molecule has 1 unspecified atom stereocenters. The maximum Gasteiger partial charge on any atom is 0.218 e. The second-order valence-electron chi connectivity index (χ2n) is 2.72. The molecular weight excluding hydrogens is 160 g/mol. The summed E-state index contributed by atoms with van der Waals surface area (Å²) in [5.74, 6) is 2.09. The fourth-order valence-electron chi connectivity index (χ4n) is 1.18. The van der Waals surface area contributed by atoms with Crippen LogP contribution in [0.2, 0.25) is 0 Å². The van der Waals surface area contributed by atoms with Gasteiger partial charge in [0.25, 0.3) is 0 Å². The fourth-order valence-corrected chi connectivity index (χ4v) is 2.10. The van der Waals surface area contributed by atoms with Gasteiger partial charge < -0.3 is 11.1 Å². The van der Waals surface area contributed by atoms with E-state index in [1.165, 1.54) is 0 Å². The minimum absolute atomic E-state index is 0.200. The molecule has 1 fully saturated rings. The summed E-state index contributed by atoms with van der Waals surface area (Å²) in [7, 11) is 0. The van der Waals surface area contributed by atoms with Gasteiger partial charge in [-0.3, -0.25) is 4.79 Å². The van der Waals surface area contributed by atoms with Crippen molar-refractivity contribution in [3.8, 4) is 0 Å².